The summed E-state index contributed by atoms with van der Waals surface area (Å²) < 4.78 is 0. The van der Waals surface area contributed by atoms with Gasteiger partial charge >= 0.3 is 0 Å². The van der Waals surface area contributed by atoms with Crippen LogP contribution in [0.25, 0.3) is 0 Å². The lowest BCUT2D eigenvalue weighted by molar-refractivity contribution is 0.492. The van der Waals surface area contributed by atoms with Gasteiger partial charge in [0.2, 0.25) is 0 Å². The molecule has 0 spiro atoms. The van der Waals surface area contributed by atoms with Crippen molar-refractivity contribution in [1.82, 2.24) is 0 Å². The van der Waals surface area contributed by atoms with Crippen LogP contribution < -0.4 is 0 Å². The topological polar surface area (TPSA) is 0 Å². The van der Waals surface area contributed by atoms with E-state index in [1.54, 1.807) is 11.1 Å². The smallest absolute Gasteiger partial charge is 0.0126 e. The molecule has 27 heavy (non-hydrogen) atoms. The summed E-state index contributed by atoms with van der Waals surface area (Å²) in [6.07, 6.45) is 1.09. The Labute approximate surface area is 168 Å². The summed E-state index contributed by atoms with van der Waals surface area (Å²) in [6, 6.07) is 15.7. The van der Waals surface area contributed by atoms with E-state index in [0.717, 1.165) is 6.42 Å². The van der Waals surface area contributed by atoms with E-state index in [1.165, 1.54) is 16.7 Å². The van der Waals surface area contributed by atoms with Crippen molar-refractivity contribution < 1.29 is 0 Å². The van der Waals surface area contributed by atoms with Crippen molar-refractivity contribution in [1.29, 1.82) is 0 Å². The van der Waals surface area contributed by atoms with Crippen molar-refractivity contribution in [3.63, 3.8) is 0 Å². The van der Waals surface area contributed by atoms with Crippen LogP contribution in [0.15, 0.2) is 42.5 Å². The maximum absolute atomic E-state index is 2.41. The zero-order chi connectivity index (χ0) is 20.6. The average Bonchev–Trinajstić information content (AvgIpc) is 2.52. The van der Waals surface area contributed by atoms with Gasteiger partial charge < -0.3 is 0 Å². The first-order valence-electron chi connectivity index (χ1n) is 10.4. The minimum atomic E-state index is 0.121. The molecule has 1 unspecified atom stereocenters. The van der Waals surface area contributed by atoms with Gasteiger partial charge in [0.15, 0.2) is 0 Å². The Morgan fingerprint density at radius 3 is 1.59 bits per heavy atom. The highest BCUT2D eigenvalue weighted by Crippen LogP contribution is 2.43. The van der Waals surface area contributed by atoms with Crippen LogP contribution in [0.5, 0.6) is 0 Å². The molecule has 0 saturated heterocycles. The van der Waals surface area contributed by atoms with Gasteiger partial charge in [0.05, 0.1) is 0 Å². The predicted molar refractivity (Wildman–Crippen MR) is 121 cm³/mol. The predicted octanol–water partition coefficient (Wildman–Crippen LogP) is 7.93. The number of rotatable bonds is 3. The summed E-state index contributed by atoms with van der Waals surface area (Å²) in [5.41, 5.74) is 7.94. The van der Waals surface area contributed by atoms with Gasteiger partial charge in [-0.15, -0.1) is 0 Å². The van der Waals surface area contributed by atoms with E-state index in [2.05, 4.69) is 112 Å². The Kier molecular flexibility index (Phi) is 6.00. The van der Waals surface area contributed by atoms with Crippen LogP contribution in [0.4, 0.5) is 0 Å². The quantitative estimate of drug-likeness (QED) is 0.518. The number of benzene rings is 2. The number of hydrogen-bond acceptors (Lipinski definition) is 0. The lowest BCUT2D eigenvalue weighted by Gasteiger charge is -2.38. The van der Waals surface area contributed by atoms with E-state index >= 15 is 0 Å². The highest BCUT2D eigenvalue weighted by molar-refractivity contribution is 5.51. The van der Waals surface area contributed by atoms with Crippen molar-refractivity contribution in [2.24, 2.45) is 0 Å². The van der Waals surface area contributed by atoms with Gasteiger partial charge in [-0.1, -0.05) is 112 Å². The van der Waals surface area contributed by atoms with E-state index in [0.29, 0.717) is 5.92 Å². The summed E-state index contributed by atoms with van der Waals surface area (Å²) in [6.45, 7) is 23.6. The molecule has 0 aliphatic rings. The van der Waals surface area contributed by atoms with Gasteiger partial charge in [0.1, 0.15) is 0 Å². The van der Waals surface area contributed by atoms with E-state index in [1.807, 2.05) is 0 Å². The van der Waals surface area contributed by atoms with Gasteiger partial charge in [-0.25, -0.2) is 0 Å². The van der Waals surface area contributed by atoms with Crippen molar-refractivity contribution >= 4 is 0 Å². The molecule has 0 nitrogen and oxygen atoms in total. The zero-order valence-electron chi connectivity index (χ0n) is 19.3. The minimum Gasteiger partial charge on any atom is -0.0622 e. The van der Waals surface area contributed by atoms with Gasteiger partial charge in [-0.3, -0.25) is 0 Å². The fraction of sp³-hybridized carbons (Fsp3) is 0.556. The molecule has 2 aromatic carbocycles. The molecule has 0 radical (unpaired) electrons. The summed E-state index contributed by atoms with van der Waals surface area (Å²) in [5, 5.41) is 0. The molecule has 0 fully saturated rings. The monoisotopic (exact) mass is 364 g/mol. The van der Waals surface area contributed by atoms with Gasteiger partial charge in [0.25, 0.3) is 0 Å². The largest absolute Gasteiger partial charge is 0.0622 e. The highest BCUT2D eigenvalue weighted by Gasteiger charge is 2.33. The Morgan fingerprint density at radius 2 is 1.15 bits per heavy atom. The molecule has 148 valence electrons. The lowest BCUT2D eigenvalue weighted by Crippen LogP contribution is -2.29. The third-order valence-electron chi connectivity index (χ3n) is 5.49. The second-order valence-electron chi connectivity index (χ2n) is 11.3. The second kappa shape index (κ2) is 7.46. The first-order valence-corrected chi connectivity index (χ1v) is 10.4. The highest BCUT2D eigenvalue weighted by atomic mass is 14.4. The van der Waals surface area contributed by atoms with Crippen LogP contribution in [0.1, 0.15) is 103 Å². The molecule has 0 heterocycles. The fourth-order valence-corrected chi connectivity index (χ4v) is 4.31. The summed E-state index contributed by atoms with van der Waals surface area (Å²) >= 11 is 0. The Bertz CT molecular complexity index is 759. The summed E-state index contributed by atoms with van der Waals surface area (Å²) in [7, 11) is 0. The van der Waals surface area contributed by atoms with E-state index in [9.17, 15) is 0 Å². The van der Waals surface area contributed by atoms with Crippen molar-refractivity contribution in [3.05, 3.63) is 70.3 Å². The van der Waals surface area contributed by atoms with E-state index in [-0.39, 0.29) is 16.2 Å². The fourth-order valence-electron chi connectivity index (χ4n) is 4.31. The molecule has 0 saturated carbocycles. The Hall–Kier alpha value is -1.56. The van der Waals surface area contributed by atoms with Gasteiger partial charge in [0, 0.05) is 0 Å². The van der Waals surface area contributed by atoms with E-state index in [4.69, 9.17) is 0 Å². The second-order valence-corrected chi connectivity index (χ2v) is 11.3. The zero-order valence-corrected chi connectivity index (χ0v) is 19.3. The van der Waals surface area contributed by atoms with Crippen LogP contribution >= 0.6 is 0 Å². The van der Waals surface area contributed by atoms with Gasteiger partial charge in [-0.2, -0.15) is 0 Å². The molecule has 0 N–H and O–H groups in total. The van der Waals surface area contributed by atoms with Crippen molar-refractivity contribution in [3.8, 4) is 0 Å². The third-order valence-corrected chi connectivity index (χ3v) is 5.49. The van der Waals surface area contributed by atoms with Crippen LogP contribution in [-0.2, 0) is 22.7 Å². The molecule has 0 aromatic heterocycles. The summed E-state index contributed by atoms with van der Waals surface area (Å²) in [4.78, 5) is 0. The van der Waals surface area contributed by atoms with Crippen LogP contribution in [-0.4, -0.2) is 0 Å². The SMILES string of the molecule is CC(Cc1ccc(C(C)(C)C)c(C(C)(C)C)c1C(C)(C)C)c1ccccc1. The molecular formula is C27H40. The molecule has 0 bridgehead atoms. The van der Waals surface area contributed by atoms with Gasteiger partial charge in [-0.05, 0) is 56.4 Å². The first-order chi connectivity index (χ1) is 12.2. The molecule has 0 aliphatic carbocycles. The molecule has 0 amide bonds. The Morgan fingerprint density at radius 1 is 0.630 bits per heavy atom. The van der Waals surface area contributed by atoms with Crippen molar-refractivity contribution in [2.75, 3.05) is 0 Å². The van der Waals surface area contributed by atoms with Crippen LogP contribution in [0.3, 0.4) is 0 Å². The van der Waals surface area contributed by atoms with Crippen molar-refractivity contribution in [2.45, 2.75) is 97.8 Å². The molecule has 0 heteroatoms. The minimum absolute atomic E-state index is 0.121. The third kappa shape index (κ3) is 5.03. The summed E-state index contributed by atoms with van der Waals surface area (Å²) in [5.74, 6) is 0.514. The Balaban J connectivity index is 2.69. The standard InChI is InChI=1S/C27H40/c1-19(20-14-12-11-13-15-20)18-21-16-17-22(25(2,3)4)24(27(8,9)10)23(21)26(5,6)7/h11-17,19H,18H2,1-10H3. The molecule has 2 rings (SSSR count). The average molecular weight is 365 g/mol. The lowest BCUT2D eigenvalue weighted by atomic mass is 9.66. The molecular weight excluding hydrogens is 324 g/mol. The van der Waals surface area contributed by atoms with Crippen LogP contribution in [0, 0.1) is 0 Å². The number of hydrogen-bond donors (Lipinski definition) is 0. The molecule has 1 atom stereocenters. The first kappa shape index (κ1) is 21.7. The maximum Gasteiger partial charge on any atom is -0.0126 e. The molecule has 0 aliphatic heterocycles. The van der Waals surface area contributed by atoms with Crippen LogP contribution in [0.2, 0.25) is 0 Å². The maximum atomic E-state index is 2.41. The molecule has 2 aromatic rings. The normalized spacial score (nSPS) is 14.3. The van der Waals surface area contributed by atoms with E-state index < -0.39 is 0 Å².